The van der Waals surface area contributed by atoms with E-state index in [1.165, 1.54) is 7.11 Å². The molecule has 0 aromatic heterocycles. The molecule has 0 saturated heterocycles. The number of hydroxylamine groups is 2. The van der Waals surface area contributed by atoms with Crippen LogP contribution in [-0.2, 0) is 14.4 Å². The van der Waals surface area contributed by atoms with E-state index in [9.17, 15) is 9.59 Å². The van der Waals surface area contributed by atoms with Crippen LogP contribution in [0.5, 0.6) is 5.75 Å². The van der Waals surface area contributed by atoms with E-state index in [1.54, 1.807) is 11.9 Å². The van der Waals surface area contributed by atoms with Crippen molar-refractivity contribution in [3.8, 4) is 5.75 Å². The van der Waals surface area contributed by atoms with Crippen LogP contribution < -0.4 is 9.64 Å². The molecule has 2 amide bonds. The highest BCUT2D eigenvalue weighted by molar-refractivity contribution is 5.98. The van der Waals surface area contributed by atoms with Crippen molar-refractivity contribution in [2.45, 2.75) is 13.3 Å². The highest BCUT2D eigenvalue weighted by Crippen LogP contribution is 2.32. The first-order valence-electron chi connectivity index (χ1n) is 6.37. The van der Waals surface area contributed by atoms with E-state index in [2.05, 4.69) is 0 Å². The van der Waals surface area contributed by atoms with Crippen molar-refractivity contribution in [1.29, 1.82) is 0 Å². The van der Waals surface area contributed by atoms with Crippen molar-refractivity contribution in [2.75, 3.05) is 32.2 Å². The lowest BCUT2D eigenvalue weighted by molar-refractivity contribution is -0.168. The maximum absolute atomic E-state index is 12.0. The second kappa shape index (κ2) is 5.92. The van der Waals surface area contributed by atoms with Gasteiger partial charge in [0.1, 0.15) is 5.75 Å². The maximum Gasteiger partial charge on any atom is 0.265 e. The molecule has 0 fully saturated rings. The van der Waals surface area contributed by atoms with Gasteiger partial charge in [-0.1, -0.05) is 6.07 Å². The van der Waals surface area contributed by atoms with Crippen LogP contribution in [0.4, 0.5) is 5.69 Å². The lowest BCUT2D eigenvalue weighted by Gasteiger charge is -2.29. The third kappa shape index (κ3) is 2.91. The molecule has 0 saturated carbocycles. The second-order valence-corrected chi connectivity index (χ2v) is 4.63. The van der Waals surface area contributed by atoms with Crippen LogP contribution in [-0.4, -0.2) is 44.2 Å². The van der Waals surface area contributed by atoms with Crippen LogP contribution in [0.25, 0.3) is 0 Å². The summed E-state index contributed by atoms with van der Waals surface area (Å²) < 4.78 is 5.39. The van der Waals surface area contributed by atoms with Crippen LogP contribution in [0.15, 0.2) is 18.2 Å². The number of hydrogen-bond acceptors (Lipinski definition) is 4. The molecular formula is C14H18N2O4. The SMILES string of the molecule is CON(C)C(=O)CCN1C(=O)COc2ccc(C)cc21. The van der Waals surface area contributed by atoms with Gasteiger partial charge in [-0.25, -0.2) is 5.06 Å². The lowest BCUT2D eigenvalue weighted by Crippen LogP contribution is -2.41. The molecule has 1 aliphatic heterocycles. The van der Waals surface area contributed by atoms with Crippen molar-refractivity contribution in [1.82, 2.24) is 5.06 Å². The van der Waals surface area contributed by atoms with E-state index in [-0.39, 0.29) is 24.8 Å². The number of aryl methyl sites for hydroxylation is 1. The lowest BCUT2D eigenvalue weighted by atomic mass is 10.1. The van der Waals surface area contributed by atoms with Crippen molar-refractivity contribution >= 4 is 17.5 Å². The first-order chi connectivity index (χ1) is 9.52. The Balaban J connectivity index is 2.13. The Labute approximate surface area is 117 Å². The molecule has 0 spiro atoms. The summed E-state index contributed by atoms with van der Waals surface area (Å²) >= 11 is 0. The molecular weight excluding hydrogens is 260 g/mol. The number of benzene rings is 1. The van der Waals surface area contributed by atoms with Crippen molar-refractivity contribution in [3.63, 3.8) is 0 Å². The Morgan fingerprint density at radius 1 is 1.50 bits per heavy atom. The van der Waals surface area contributed by atoms with Gasteiger partial charge in [-0.15, -0.1) is 0 Å². The third-order valence-electron chi connectivity index (χ3n) is 3.23. The molecule has 2 rings (SSSR count). The zero-order valence-electron chi connectivity index (χ0n) is 11.9. The molecule has 0 radical (unpaired) electrons. The molecule has 1 aromatic carbocycles. The Kier molecular flexibility index (Phi) is 4.24. The van der Waals surface area contributed by atoms with Gasteiger partial charge in [0.2, 0.25) is 5.91 Å². The summed E-state index contributed by atoms with van der Waals surface area (Å²) in [4.78, 5) is 30.1. The first kappa shape index (κ1) is 14.3. The average Bonchev–Trinajstić information content (AvgIpc) is 2.45. The Bertz CT molecular complexity index is 530. The van der Waals surface area contributed by atoms with Gasteiger partial charge in [-0.2, -0.15) is 0 Å². The van der Waals surface area contributed by atoms with Gasteiger partial charge in [0.15, 0.2) is 6.61 Å². The minimum absolute atomic E-state index is 0.00433. The third-order valence-corrected chi connectivity index (χ3v) is 3.23. The summed E-state index contributed by atoms with van der Waals surface area (Å²) in [5, 5.41) is 1.15. The zero-order valence-corrected chi connectivity index (χ0v) is 11.9. The second-order valence-electron chi connectivity index (χ2n) is 4.63. The van der Waals surface area contributed by atoms with E-state index in [1.807, 2.05) is 25.1 Å². The van der Waals surface area contributed by atoms with Gasteiger partial charge < -0.3 is 9.64 Å². The zero-order chi connectivity index (χ0) is 14.7. The summed E-state index contributed by atoms with van der Waals surface area (Å²) in [7, 11) is 2.97. The normalized spacial score (nSPS) is 13.8. The summed E-state index contributed by atoms with van der Waals surface area (Å²) in [6.07, 6.45) is 0.198. The summed E-state index contributed by atoms with van der Waals surface area (Å²) in [6.45, 7) is 2.26. The molecule has 6 nitrogen and oxygen atoms in total. The minimum atomic E-state index is -0.180. The van der Waals surface area contributed by atoms with E-state index < -0.39 is 0 Å². The highest BCUT2D eigenvalue weighted by Gasteiger charge is 2.26. The first-order valence-corrected chi connectivity index (χ1v) is 6.37. The fourth-order valence-electron chi connectivity index (χ4n) is 2.02. The molecule has 1 aromatic rings. The molecule has 0 atom stereocenters. The number of fused-ring (bicyclic) bond motifs is 1. The molecule has 6 heteroatoms. The number of carbonyl (C=O) groups excluding carboxylic acids is 2. The van der Waals surface area contributed by atoms with E-state index in [0.29, 0.717) is 18.0 Å². The summed E-state index contributed by atoms with van der Waals surface area (Å²) in [6, 6.07) is 5.65. The number of carbonyl (C=O) groups is 2. The van der Waals surface area contributed by atoms with E-state index in [0.717, 1.165) is 10.6 Å². The van der Waals surface area contributed by atoms with Crippen LogP contribution >= 0.6 is 0 Å². The molecule has 1 aliphatic rings. The van der Waals surface area contributed by atoms with Gasteiger partial charge in [0.25, 0.3) is 5.91 Å². The topological polar surface area (TPSA) is 59.1 Å². The van der Waals surface area contributed by atoms with Crippen molar-refractivity contribution < 1.29 is 19.2 Å². The predicted octanol–water partition coefficient (Wildman–Crippen LogP) is 1.13. The largest absolute Gasteiger partial charge is 0.482 e. The monoisotopic (exact) mass is 278 g/mol. The maximum atomic E-state index is 12.0. The predicted molar refractivity (Wildman–Crippen MR) is 73.4 cm³/mol. The van der Waals surface area contributed by atoms with Crippen molar-refractivity contribution in [3.05, 3.63) is 23.8 Å². The number of ether oxygens (including phenoxy) is 1. The molecule has 0 N–H and O–H groups in total. The van der Waals surface area contributed by atoms with Crippen molar-refractivity contribution in [2.24, 2.45) is 0 Å². The fourth-order valence-corrected chi connectivity index (χ4v) is 2.02. The Morgan fingerprint density at radius 2 is 2.25 bits per heavy atom. The van der Waals surface area contributed by atoms with Gasteiger partial charge in [-0.05, 0) is 24.6 Å². The van der Waals surface area contributed by atoms with Crippen LogP contribution in [0, 0.1) is 6.92 Å². The molecule has 108 valence electrons. The number of anilines is 1. The van der Waals surface area contributed by atoms with Gasteiger partial charge >= 0.3 is 0 Å². The molecule has 1 heterocycles. The highest BCUT2D eigenvalue weighted by atomic mass is 16.7. The average molecular weight is 278 g/mol. The quantitative estimate of drug-likeness (QED) is 0.775. The number of amides is 2. The molecule has 0 bridgehead atoms. The minimum Gasteiger partial charge on any atom is -0.482 e. The fraction of sp³-hybridized carbons (Fsp3) is 0.429. The molecule has 20 heavy (non-hydrogen) atoms. The van der Waals surface area contributed by atoms with Crippen LogP contribution in [0.1, 0.15) is 12.0 Å². The summed E-state index contributed by atoms with van der Waals surface area (Å²) in [5.41, 5.74) is 1.75. The van der Waals surface area contributed by atoms with Gasteiger partial charge in [0.05, 0.1) is 12.8 Å². The molecule has 0 aliphatic carbocycles. The van der Waals surface area contributed by atoms with Gasteiger partial charge in [-0.3, -0.25) is 14.4 Å². The van der Waals surface area contributed by atoms with Gasteiger partial charge in [0, 0.05) is 20.0 Å². The van der Waals surface area contributed by atoms with Crippen LogP contribution in [0.2, 0.25) is 0 Å². The van der Waals surface area contributed by atoms with Crippen LogP contribution in [0.3, 0.4) is 0 Å². The smallest absolute Gasteiger partial charge is 0.265 e. The Morgan fingerprint density at radius 3 is 2.95 bits per heavy atom. The Hall–Kier alpha value is -2.08. The number of hydrogen-bond donors (Lipinski definition) is 0. The molecule has 0 unspecified atom stereocenters. The number of nitrogens with zero attached hydrogens (tertiary/aromatic N) is 2. The van der Waals surface area contributed by atoms with E-state index in [4.69, 9.17) is 9.57 Å². The van der Waals surface area contributed by atoms with E-state index >= 15 is 0 Å². The summed E-state index contributed by atoms with van der Waals surface area (Å²) in [5.74, 6) is 0.347. The standard InChI is InChI=1S/C14H18N2O4/c1-10-4-5-12-11(8-10)16(14(18)9-20-12)7-6-13(17)15(2)19-3/h4-5,8H,6-7,9H2,1-3H3. The number of rotatable bonds is 4.